The smallest absolute Gasteiger partial charge is 0.164 e. The summed E-state index contributed by atoms with van der Waals surface area (Å²) in [6.07, 6.45) is 7.70. The Labute approximate surface area is 313 Å². The molecule has 0 aliphatic rings. The normalized spacial score (nSPS) is 12.3. The van der Waals surface area contributed by atoms with Gasteiger partial charge in [-0.25, -0.2) is 15.0 Å². The van der Waals surface area contributed by atoms with E-state index in [1.807, 2.05) is 55.5 Å². The molecule has 4 heteroatoms. The highest BCUT2D eigenvalue weighted by Crippen LogP contribution is 2.43. The van der Waals surface area contributed by atoms with E-state index in [1.54, 1.807) is 6.08 Å². The molecule has 3 aromatic heterocycles. The molecule has 254 valence electrons. The maximum absolute atomic E-state index is 5.09. The van der Waals surface area contributed by atoms with Crippen molar-refractivity contribution in [2.75, 3.05) is 0 Å². The number of para-hydroxylation sites is 2. The summed E-state index contributed by atoms with van der Waals surface area (Å²) in [6.45, 7) is 5.93. The van der Waals surface area contributed by atoms with Crippen LogP contribution in [0.15, 0.2) is 183 Å². The molecule has 4 nitrogen and oxygen atoms in total. The molecule has 0 amide bonds. The molecule has 0 saturated heterocycles. The van der Waals surface area contributed by atoms with Crippen LogP contribution in [0, 0.1) is 0 Å². The van der Waals surface area contributed by atoms with Crippen LogP contribution in [0.25, 0.3) is 99.5 Å². The Morgan fingerprint density at radius 2 is 1.13 bits per heavy atom. The van der Waals surface area contributed by atoms with E-state index in [0.29, 0.717) is 17.5 Å². The molecular weight excluding hydrogens is 657 g/mol. The van der Waals surface area contributed by atoms with E-state index in [-0.39, 0.29) is 0 Å². The molecule has 0 N–H and O–H groups in total. The van der Waals surface area contributed by atoms with Gasteiger partial charge in [-0.2, -0.15) is 0 Å². The van der Waals surface area contributed by atoms with Crippen molar-refractivity contribution in [1.29, 1.82) is 0 Å². The molecule has 0 radical (unpaired) electrons. The lowest BCUT2D eigenvalue weighted by Crippen LogP contribution is -2.03. The SMILES string of the molecule is C=C/C=C(\C=C/C)c1nc(-c2ccccc2)nc(-c2ccccc2-c2ccc(-c3ccc4c5cccc6c7ccccc7n(c4c3)c65)c3ccccc23)n1. The Hall–Kier alpha value is -7.17. The zero-order chi connectivity index (χ0) is 36.2. The predicted octanol–water partition coefficient (Wildman–Crippen LogP) is 13.0. The van der Waals surface area contributed by atoms with Crippen LogP contribution in [0.4, 0.5) is 0 Å². The summed E-state index contributed by atoms with van der Waals surface area (Å²) in [5.74, 6) is 1.83. The number of fused-ring (bicyclic) bond motifs is 7. The molecule has 10 rings (SSSR count). The lowest BCUT2D eigenvalue weighted by atomic mass is 9.90. The summed E-state index contributed by atoms with van der Waals surface area (Å²) < 4.78 is 2.45. The molecule has 54 heavy (non-hydrogen) atoms. The van der Waals surface area contributed by atoms with Crippen molar-refractivity contribution in [2.24, 2.45) is 0 Å². The molecule has 0 atom stereocenters. The average Bonchev–Trinajstić information content (AvgIpc) is 3.76. The number of hydrogen-bond donors (Lipinski definition) is 0. The Kier molecular flexibility index (Phi) is 7.48. The molecular formula is C50H34N4. The summed E-state index contributed by atoms with van der Waals surface area (Å²) in [4.78, 5) is 15.1. The highest BCUT2D eigenvalue weighted by atomic mass is 15.0. The fraction of sp³-hybridized carbons (Fsp3) is 0.0200. The van der Waals surface area contributed by atoms with Crippen LogP contribution < -0.4 is 0 Å². The topological polar surface area (TPSA) is 43.1 Å². The van der Waals surface area contributed by atoms with E-state index in [9.17, 15) is 0 Å². The van der Waals surface area contributed by atoms with Crippen LogP contribution in [-0.2, 0) is 0 Å². The molecule has 0 spiro atoms. The molecule has 3 heterocycles. The summed E-state index contributed by atoms with van der Waals surface area (Å²) >= 11 is 0. The quantitative estimate of drug-likeness (QED) is 0.156. The van der Waals surface area contributed by atoms with Gasteiger partial charge >= 0.3 is 0 Å². The zero-order valence-electron chi connectivity index (χ0n) is 29.7. The van der Waals surface area contributed by atoms with Gasteiger partial charge in [-0.1, -0.05) is 170 Å². The summed E-state index contributed by atoms with van der Waals surface area (Å²) in [7, 11) is 0. The van der Waals surface area contributed by atoms with E-state index in [4.69, 9.17) is 15.0 Å². The Balaban J connectivity index is 1.16. The molecule has 0 fully saturated rings. The first-order chi connectivity index (χ1) is 26.7. The van der Waals surface area contributed by atoms with Crippen LogP contribution in [0.1, 0.15) is 12.7 Å². The molecule has 10 aromatic rings. The average molecular weight is 691 g/mol. The minimum Gasteiger partial charge on any atom is -0.308 e. The zero-order valence-corrected chi connectivity index (χ0v) is 29.7. The summed E-state index contributed by atoms with van der Waals surface area (Å²) in [5, 5.41) is 7.50. The van der Waals surface area contributed by atoms with Gasteiger partial charge in [0.15, 0.2) is 17.5 Å². The van der Waals surface area contributed by atoms with Gasteiger partial charge in [-0.3, -0.25) is 0 Å². The Morgan fingerprint density at radius 3 is 1.91 bits per heavy atom. The van der Waals surface area contributed by atoms with Crippen molar-refractivity contribution in [1.82, 2.24) is 19.4 Å². The fourth-order valence-electron chi connectivity index (χ4n) is 8.15. The number of rotatable bonds is 7. The predicted molar refractivity (Wildman–Crippen MR) is 227 cm³/mol. The van der Waals surface area contributed by atoms with Gasteiger partial charge < -0.3 is 4.40 Å². The van der Waals surface area contributed by atoms with Crippen LogP contribution in [0.2, 0.25) is 0 Å². The summed E-state index contributed by atoms with van der Waals surface area (Å²) in [6, 6.07) is 54.1. The van der Waals surface area contributed by atoms with Gasteiger partial charge in [0.1, 0.15) is 0 Å². The maximum Gasteiger partial charge on any atom is 0.164 e. The molecule has 0 aliphatic heterocycles. The van der Waals surface area contributed by atoms with Gasteiger partial charge in [-0.05, 0) is 52.1 Å². The van der Waals surface area contributed by atoms with Gasteiger partial charge in [0.25, 0.3) is 0 Å². The van der Waals surface area contributed by atoms with E-state index in [0.717, 1.165) is 27.8 Å². The van der Waals surface area contributed by atoms with Gasteiger partial charge in [-0.15, -0.1) is 0 Å². The molecule has 7 aromatic carbocycles. The minimum absolute atomic E-state index is 0.596. The second kappa shape index (κ2) is 12.8. The van der Waals surface area contributed by atoms with Crippen molar-refractivity contribution in [2.45, 2.75) is 6.92 Å². The van der Waals surface area contributed by atoms with Crippen molar-refractivity contribution >= 4 is 54.4 Å². The van der Waals surface area contributed by atoms with Crippen LogP contribution in [0.3, 0.4) is 0 Å². The lowest BCUT2D eigenvalue weighted by molar-refractivity contribution is 1.04. The minimum atomic E-state index is 0.596. The first kappa shape index (κ1) is 31.6. The second-order valence-electron chi connectivity index (χ2n) is 13.6. The number of benzene rings is 7. The van der Waals surface area contributed by atoms with Crippen molar-refractivity contribution in [3.8, 4) is 45.0 Å². The van der Waals surface area contributed by atoms with E-state index in [2.05, 4.69) is 132 Å². The van der Waals surface area contributed by atoms with Crippen LogP contribution >= 0.6 is 0 Å². The number of aromatic nitrogens is 4. The van der Waals surface area contributed by atoms with Gasteiger partial charge in [0, 0.05) is 38.2 Å². The second-order valence-corrected chi connectivity index (χ2v) is 13.6. The summed E-state index contributed by atoms with van der Waals surface area (Å²) in [5.41, 5.74) is 11.0. The van der Waals surface area contributed by atoms with Gasteiger partial charge in [0.2, 0.25) is 0 Å². The van der Waals surface area contributed by atoms with Crippen LogP contribution in [-0.4, -0.2) is 19.4 Å². The third-order valence-corrected chi connectivity index (χ3v) is 10.5. The molecule has 0 aliphatic carbocycles. The highest BCUT2D eigenvalue weighted by molar-refractivity contribution is 6.23. The third kappa shape index (κ3) is 4.96. The van der Waals surface area contributed by atoms with Gasteiger partial charge in [0.05, 0.1) is 16.6 Å². The maximum atomic E-state index is 5.09. The van der Waals surface area contributed by atoms with E-state index in [1.165, 1.54) is 60.0 Å². The number of hydrogen-bond acceptors (Lipinski definition) is 3. The highest BCUT2D eigenvalue weighted by Gasteiger charge is 2.20. The van der Waals surface area contributed by atoms with Crippen LogP contribution in [0.5, 0.6) is 0 Å². The fourth-order valence-corrected chi connectivity index (χ4v) is 8.15. The monoisotopic (exact) mass is 690 g/mol. The van der Waals surface area contributed by atoms with Crippen molar-refractivity contribution in [3.63, 3.8) is 0 Å². The van der Waals surface area contributed by atoms with E-state index >= 15 is 0 Å². The van der Waals surface area contributed by atoms with Crippen molar-refractivity contribution < 1.29 is 0 Å². The Morgan fingerprint density at radius 1 is 0.500 bits per heavy atom. The lowest BCUT2D eigenvalue weighted by Gasteiger charge is -2.16. The van der Waals surface area contributed by atoms with Crippen molar-refractivity contribution in [3.05, 3.63) is 188 Å². The molecule has 0 bridgehead atoms. The number of nitrogens with zero attached hydrogens (tertiary/aromatic N) is 4. The Bertz CT molecular complexity index is 3130. The third-order valence-electron chi connectivity index (χ3n) is 10.5. The molecule has 0 saturated carbocycles. The number of allylic oxidation sites excluding steroid dienone is 5. The molecule has 0 unspecified atom stereocenters. The first-order valence-electron chi connectivity index (χ1n) is 18.3. The van der Waals surface area contributed by atoms with E-state index < -0.39 is 0 Å². The first-order valence-corrected chi connectivity index (χ1v) is 18.3. The largest absolute Gasteiger partial charge is 0.308 e. The standard InChI is InChI=1S/C50H34N4/c1-3-15-32(16-4-2)48-51-49(33-17-6-5-7-18-33)53-50(52-48)44-23-11-10-21-38(44)39-30-29-35(36-19-8-9-20-37(36)39)34-27-28-41-43-25-14-24-42-40-22-12-13-26-45(40)54(47(42)43)46(41)31-34/h3-31H,1H2,2H3/b16-4-,32-15+.